The maximum atomic E-state index is 9.65. The van der Waals surface area contributed by atoms with E-state index >= 15 is 0 Å². The van der Waals surface area contributed by atoms with E-state index in [0.29, 0.717) is 28.4 Å². The number of aryl methyl sites for hydroxylation is 2. The van der Waals surface area contributed by atoms with Crippen LogP contribution in [-0.4, -0.2) is 25.6 Å². The molecule has 4 rings (SSSR count). The topological polar surface area (TPSA) is 114 Å². The Labute approximate surface area is 149 Å². The van der Waals surface area contributed by atoms with Crippen molar-refractivity contribution in [2.24, 2.45) is 5.73 Å². The van der Waals surface area contributed by atoms with E-state index in [2.05, 4.69) is 10.1 Å². The van der Waals surface area contributed by atoms with Gasteiger partial charge in [0.25, 0.3) is 0 Å². The monoisotopic (exact) mass is 347 g/mol. The number of nitrogens with two attached hydrogens (primary N) is 1. The van der Waals surface area contributed by atoms with Gasteiger partial charge in [0, 0.05) is 17.3 Å². The highest BCUT2D eigenvalue weighted by atomic mass is 16.5. The molecule has 4 N–H and O–H groups in total. The van der Waals surface area contributed by atoms with Crippen molar-refractivity contribution < 1.29 is 9.63 Å². The van der Waals surface area contributed by atoms with Crippen LogP contribution in [0.15, 0.2) is 47.1 Å². The summed E-state index contributed by atoms with van der Waals surface area (Å²) in [5, 5.41) is 22.6. The summed E-state index contributed by atoms with van der Waals surface area (Å²) >= 11 is 0. The molecule has 0 spiro atoms. The first kappa shape index (κ1) is 15.9. The van der Waals surface area contributed by atoms with Crippen LogP contribution in [0.2, 0.25) is 0 Å². The largest absolute Gasteiger partial charge is 0.508 e. The molecule has 0 aliphatic heterocycles. The molecule has 0 aliphatic carbocycles. The van der Waals surface area contributed by atoms with Gasteiger partial charge in [0.05, 0.1) is 22.5 Å². The zero-order valence-corrected chi connectivity index (χ0v) is 14.3. The van der Waals surface area contributed by atoms with Crippen LogP contribution >= 0.6 is 0 Å². The number of phenolic OH excluding ortho intramolecular Hbond substituents is 1. The molecule has 1 aromatic carbocycles. The molecule has 26 heavy (non-hydrogen) atoms. The highest BCUT2D eigenvalue weighted by Crippen LogP contribution is 2.38. The molecule has 7 heteroatoms. The lowest BCUT2D eigenvalue weighted by atomic mass is 10.0. The average molecular weight is 347 g/mol. The van der Waals surface area contributed by atoms with Gasteiger partial charge < -0.3 is 15.4 Å². The third-order valence-electron chi connectivity index (χ3n) is 4.38. The van der Waals surface area contributed by atoms with Gasteiger partial charge in [-0.3, -0.25) is 9.98 Å². The maximum Gasteiger partial charge on any atom is 0.145 e. The molecule has 0 radical (unpaired) electrons. The number of benzene rings is 1. The lowest BCUT2D eigenvalue weighted by molar-refractivity contribution is 0.393. The molecule has 0 saturated heterocycles. The van der Waals surface area contributed by atoms with Gasteiger partial charge in [0.1, 0.15) is 23.0 Å². The van der Waals surface area contributed by atoms with Gasteiger partial charge in [0.2, 0.25) is 0 Å². The molecule has 4 aromatic rings. The van der Waals surface area contributed by atoms with Crippen LogP contribution in [0.25, 0.3) is 28.0 Å². The summed E-state index contributed by atoms with van der Waals surface area (Å²) in [4.78, 5) is 4.51. The van der Waals surface area contributed by atoms with E-state index in [1.807, 2.05) is 30.5 Å². The molecule has 3 heterocycles. The van der Waals surface area contributed by atoms with E-state index in [4.69, 9.17) is 15.7 Å². The van der Waals surface area contributed by atoms with Crippen LogP contribution in [0.3, 0.4) is 0 Å². The van der Waals surface area contributed by atoms with E-state index in [1.165, 1.54) is 0 Å². The predicted molar refractivity (Wildman–Crippen MR) is 98.7 cm³/mol. The Balaban J connectivity index is 2.21. The summed E-state index contributed by atoms with van der Waals surface area (Å²) in [6, 6.07) is 10.5. The Morgan fingerprint density at radius 2 is 1.92 bits per heavy atom. The summed E-state index contributed by atoms with van der Waals surface area (Å²) < 4.78 is 7.27. The number of hydrogen-bond acceptors (Lipinski definition) is 5. The number of nitrogen functional groups attached to an aromatic ring is 1. The molecule has 0 saturated carbocycles. The maximum absolute atomic E-state index is 9.65. The minimum Gasteiger partial charge on any atom is -0.508 e. The van der Waals surface area contributed by atoms with Crippen LogP contribution < -0.4 is 5.73 Å². The Morgan fingerprint density at radius 1 is 1.19 bits per heavy atom. The molecule has 0 atom stereocenters. The quantitative estimate of drug-likeness (QED) is 0.389. The van der Waals surface area contributed by atoms with Crippen LogP contribution in [0.4, 0.5) is 0 Å². The number of nitrogens with one attached hydrogen (secondary N) is 1. The Hall–Kier alpha value is -3.61. The van der Waals surface area contributed by atoms with E-state index in [9.17, 15) is 5.11 Å². The molecule has 3 aromatic heterocycles. The normalized spacial score (nSPS) is 11.2. The molecule has 0 fully saturated rings. The molecule has 0 amide bonds. The Bertz CT molecular complexity index is 1120. The van der Waals surface area contributed by atoms with Crippen LogP contribution in [0.1, 0.15) is 17.0 Å². The molecule has 0 unspecified atom stereocenters. The summed E-state index contributed by atoms with van der Waals surface area (Å²) in [5.41, 5.74) is 10.2. The second kappa shape index (κ2) is 5.73. The third-order valence-corrected chi connectivity index (χ3v) is 4.38. The van der Waals surface area contributed by atoms with Gasteiger partial charge in [-0.25, -0.2) is 4.98 Å². The van der Waals surface area contributed by atoms with E-state index < -0.39 is 0 Å². The first-order chi connectivity index (χ1) is 12.5. The van der Waals surface area contributed by atoms with Crippen molar-refractivity contribution >= 4 is 16.9 Å². The molecule has 0 aliphatic rings. The summed E-state index contributed by atoms with van der Waals surface area (Å²) in [7, 11) is 0. The van der Waals surface area contributed by atoms with Crippen LogP contribution in [-0.2, 0) is 0 Å². The highest BCUT2D eigenvalue weighted by molar-refractivity contribution is 6.13. The Morgan fingerprint density at radius 3 is 2.54 bits per heavy atom. The molecule has 7 nitrogen and oxygen atoms in total. The highest BCUT2D eigenvalue weighted by Gasteiger charge is 2.26. The average Bonchev–Trinajstić information content (AvgIpc) is 3.12. The molecular formula is C19H17N5O2. The lowest BCUT2D eigenvalue weighted by Crippen LogP contribution is -2.13. The van der Waals surface area contributed by atoms with Gasteiger partial charge in [-0.15, -0.1) is 0 Å². The minimum absolute atomic E-state index is 0.0597. The van der Waals surface area contributed by atoms with Crippen molar-refractivity contribution in [2.75, 3.05) is 0 Å². The van der Waals surface area contributed by atoms with Crippen LogP contribution in [0.5, 0.6) is 5.75 Å². The van der Waals surface area contributed by atoms with Crippen LogP contribution in [0, 0.1) is 19.3 Å². The SMILES string of the molecule is Cc1noc(C)c1-c1c(C(=N)N)c2cccnc2n1-c1ccc(O)cc1. The fourth-order valence-corrected chi connectivity index (χ4v) is 3.30. The number of pyridine rings is 1. The smallest absolute Gasteiger partial charge is 0.145 e. The van der Waals surface area contributed by atoms with Gasteiger partial charge in [-0.05, 0) is 50.2 Å². The van der Waals surface area contributed by atoms with Crippen molar-refractivity contribution in [1.29, 1.82) is 5.41 Å². The lowest BCUT2D eigenvalue weighted by Gasteiger charge is -2.12. The van der Waals surface area contributed by atoms with Gasteiger partial charge in [0.15, 0.2) is 0 Å². The number of phenols is 1. The van der Waals surface area contributed by atoms with Crippen molar-refractivity contribution in [3.05, 3.63) is 59.6 Å². The second-order valence-electron chi connectivity index (χ2n) is 6.06. The number of fused-ring (bicyclic) bond motifs is 1. The number of nitrogens with zero attached hydrogens (tertiary/aromatic N) is 3. The van der Waals surface area contributed by atoms with Crippen molar-refractivity contribution in [3.63, 3.8) is 0 Å². The molecule has 130 valence electrons. The number of aromatic hydroxyl groups is 1. The van der Waals surface area contributed by atoms with Crippen molar-refractivity contribution in [2.45, 2.75) is 13.8 Å². The number of hydrogen-bond donors (Lipinski definition) is 3. The fraction of sp³-hybridized carbons (Fsp3) is 0.105. The van der Waals surface area contributed by atoms with E-state index in [1.54, 1.807) is 30.5 Å². The first-order valence-electron chi connectivity index (χ1n) is 8.05. The third kappa shape index (κ3) is 2.25. The number of rotatable bonds is 3. The van der Waals surface area contributed by atoms with Gasteiger partial charge in [-0.1, -0.05) is 5.16 Å². The molecule has 0 bridgehead atoms. The molecular weight excluding hydrogens is 330 g/mol. The summed E-state index contributed by atoms with van der Waals surface area (Å²) in [6.07, 6.45) is 1.69. The zero-order chi connectivity index (χ0) is 18.4. The van der Waals surface area contributed by atoms with Crippen molar-refractivity contribution in [3.8, 4) is 22.7 Å². The second-order valence-corrected chi connectivity index (χ2v) is 6.06. The Kier molecular flexibility index (Phi) is 3.50. The van der Waals surface area contributed by atoms with Gasteiger partial charge in [-0.2, -0.15) is 0 Å². The standard InChI is InChI=1S/C19H17N5O2/c1-10-15(11(2)26-23-10)17-16(18(20)21)14-4-3-9-22-19(14)24(17)12-5-7-13(25)8-6-12/h3-9,25H,1-2H3,(H3,20,21). The number of amidine groups is 1. The summed E-state index contributed by atoms with van der Waals surface area (Å²) in [6.45, 7) is 3.67. The number of aromatic nitrogens is 3. The van der Waals surface area contributed by atoms with Crippen molar-refractivity contribution in [1.82, 2.24) is 14.7 Å². The zero-order valence-electron chi connectivity index (χ0n) is 14.3. The van der Waals surface area contributed by atoms with E-state index in [-0.39, 0.29) is 11.6 Å². The first-order valence-corrected chi connectivity index (χ1v) is 8.05. The fourth-order valence-electron chi connectivity index (χ4n) is 3.30. The summed E-state index contributed by atoms with van der Waals surface area (Å²) in [5.74, 6) is 0.743. The van der Waals surface area contributed by atoms with E-state index in [0.717, 1.165) is 16.6 Å². The predicted octanol–water partition coefficient (Wildman–Crippen LogP) is 3.29. The minimum atomic E-state index is -0.0597. The van der Waals surface area contributed by atoms with Gasteiger partial charge >= 0.3 is 0 Å².